The summed E-state index contributed by atoms with van der Waals surface area (Å²) in [4.78, 5) is 67.1. The molecule has 4 amide bonds. The fourth-order valence-corrected chi connectivity index (χ4v) is 6.88. The van der Waals surface area contributed by atoms with Gasteiger partial charge in [-0.3, -0.25) is 33.7 Å². The number of pyridine rings is 1. The fourth-order valence-electron chi connectivity index (χ4n) is 6.88. The van der Waals surface area contributed by atoms with Crippen molar-refractivity contribution in [3.8, 4) is 22.5 Å². The molecule has 18 nitrogen and oxygen atoms in total. The number of aromatic amines is 1. The lowest BCUT2D eigenvalue weighted by Gasteiger charge is -2.36. The second kappa shape index (κ2) is 19.4. The van der Waals surface area contributed by atoms with Crippen molar-refractivity contribution in [3.63, 3.8) is 0 Å². The average molecular weight is 808 g/mol. The maximum absolute atomic E-state index is 14.5. The molecule has 1 saturated carbocycles. The number of hydrogen-bond acceptors (Lipinski definition) is 11. The van der Waals surface area contributed by atoms with Gasteiger partial charge in [0.25, 0.3) is 12.4 Å². The van der Waals surface area contributed by atoms with Crippen molar-refractivity contribution < 1.29 is 33.8 Å². The summed E-state index contributed by atoms with van der Waals surface area (Å²) in [5, 5.41) is 30.7. The van der Waals surface area contributed by atoms with E-state index in [1.807, 2.05) is 52.0 Å². The SMILES string of the molecule is Cc1cc(C(=O)Nc2ccn(C)n2)ncc1-c1ccc(C[C@@H](C(N)=O)N(c2ccc(-c3nnn[nH]3)cc2)C(=O)[C@H]2CC[C@H](CNC(=O)OC(C)(C)C)CC2)cc1.O=CO. The summed E-state index contributed by atoms with van der Waals surface area (Å²) in [5.41, 5.74) is 10.4. The molecule has 1 fully saturated rings. The average Bonchev–Trinajstić information content (AvgIpc) is 3.89. The number of aryl methyl sites for hydroxylation is 2. The number of hydrogen-bond donors (Lipinski definition) is 5. The quantitative estimate of drug-likeness (QED) is 0.108. The second-order valence-corrected chi connectivity index (χ2v) is 15.2. The zero-order valence-corrected chi connectivity index (χ0v) is 33.6. The summed E-state index contributed by atoms with van der Waals surface area (Å²) in [7, 11) is 1.77. The van der Waals surface area contributed by atoms with Crippen LogP contribution in [0.5, 0.6) is 0 Å². The highest BCUT2D eigenvalue weighted by atomic mass is 16.6. The molecule has 18 heteroatoms. The summed E-state index contributed by atoms with van der Waals surface area (Å²) in [5.74, 6) is -0.444. The molecule has 1 aliphatic rings. The number of nitrogens with two attached hydrogens (primary N) is 1. The van der Waals surface area contributed by atoms with E-state index in [0.29, 0.717) is 42.3 Å². The lowest BCUT2D eigenvalue weighted by molar-refractivity contribution is -0.127. The molecule has 3 aromatic heterocycles. The number of benzene rings is 2. The number of carboxylic acid groups (broad SMARTS) is 1. The van der Waals surface area contributed by atoms with E-state index in [4.69, 9.17) is 20.4 Å². The van der Waals surface area contributed by atoms with Gasteiger partial charge in [0.05, 0.1) is 0 Å². The van der Waals surface area contributed by atoms with Gasteiger partial charge in [-0.1, -0.05) is 24.3 Å². The molecular formula is C41H49N11O7. The van der Waals surface area contributed by atoms with Crippen molar-refractivity contribution in [2.45, 2.75) is 71.4 Å². The Hall–Kier alpha value is -6.98. The van der Waals surface area contributed by atoms with Gasteiger partial charge in [-0.15, -0.1) is 5.10 Å². The Morgan fingerprint density at radius 1 is 1.03 bits per heavy atom. The van der Waals surface area contributed by atoms with Gasteiger partial charge in [0, 0.05) is 61.2 Å². The van der Waals surface area contributed by atoms with Crippen molar-refractivity contribution in [1.82, 2.24) is 40.7 Å². The molecule has 6 rings (SSSR count). The van der Waals surface area contributed by atoms with Gasteiger partial charge in [-0.25, -0.2) is 9.89 Å². The molecule has 0 bridgehead atoms. The normalized spacial score (nSPS) is 15.5. The molecule has 3 heterocycles. The van der Waals surface area contributed by atoms with Crippen LogP contribution < -0.4 is 21.3 Å². The van der Waals surface area contributed by atoms with Crippen molar-refractivity contribution in [2.24, 2.45) is 24.6 Å². The van der Waals surface area contributed by atoms with Crippen LogP contribution in [0.15, 0.2) is 73.1 Å². The van der Waals surface area contributed by atoms with E-state index in [0.717, 1.165) is 35.1 Å². The van der Waals surface area contributed by atoms with E-state index >= 15 is 0 Å². The zero-order chi connectivity index (χ0) is 42.7. The molecule has 0 saturated heterocycles. The number of aromatic nitrogens is 7. The number of anilines is 2. The molecular weight excluding hydrogens is 759 g/mol. The summed E-state index contributed by atoms with van der Waals surface area (Å²) in [6.45, 7) is 7.56. The number of H-pyrrole nitrogens is 1. The first-order valence-corrected chi connectivity index (χ1v) is 19.0. The highest BCUT2D eigenvalue weighted by Gasteiger charge is 2.36. The highest BCUT2D eigenvalue weighted by Crippen LogP contribution is 2.33. The van der Waals surface area contributed by atoms with Crippen LogP contribution >= 0.6 is 0 Å². The minimum atomic E-state index is -0.988. The van der Waals surface area contributed by atoms with E-state index in [9.17, 15) is 19.2 Å². The number of rotatable bonds is 12. The third-order valence-corrected chi connectivity index (χ3v) is 9.76. The molecule has 5 aromatic rings. The van der Waals surface area contributed by atoms with Crippen LogP contribution in [0.1, 0.15) is 68.1 Å². The first-order valence-electron chi connectivity index (χ1n) is 19.0. The third kappa shape index (κ3) is 11.8. The van der Waals surface area contributed by atoms with Crippen molar-refractivity contribution in [2.75, 3.05) is 16.8 Å². The lowest BCUT2D eigenvalue weighted by Crippen LogP contribution is -2.52. The predicted molar refractivity (Wildman–Crippen MR) is 218 cm³/mol. The Morgan fingerprint density at radius 3 is 2.25 bits per heavy atom. The predicted octanol–water partition coefficient (Wildman–Crippen LogP) is 4.68. The van der Waals surface area contributed by atoms with E-state index in [1.165, 1.54) is 4.90 Å². The first-order chi connectivity index (χ1) is 28.1. The lowest BCUT2D eigenvalue weighted by atomic mass is 9.81. The number of nitrogens with zero attached hydrogens (tertiary/aromatic N) is 7. The summed E-state index contributed by atoms with van der Waals surface area (Å²) in [6.07, 6.45) is 5.74. The monoisotopic (exact) mass is 807 g/mol. The number of ether oxygens (including phenoxy) is 1. The van der Waals surface area contributed by atoms with Gasteiger partial charge < -0.3 is 26.2 Å². The Balaban J connectivity index is 0.00000214. The molecule has 0 spiro atoms. The maximum atomic E-state index is 14.5. The van der Waals surface area contributed by atoms with Gasteiger partial charge in [-0.2, -0.15) is 5.10 Å². The molecule has 6 N–H and O–H groups in total. The number of alkyl carbamates (subject to hydrolysis) is 1. The van der Waals surface area contributed by atoms with Crippen LogP contribution in [0.2, 0.25) is 0 Å². The van der Waals surface area contributed by atoms with E-state index in [-0.39, 0.29) is 42.2 Å². The molecule has 0 radical (unpaired) electrons. The van der Waals surface area contributed by atoms with Gasteiger partial charge in [0.2, 0.25) is 11.8 Å². The Bertz CT molecular complexity index is 2210. The Morgan fingerprint density at radius 2 is 1.69 bits per heavy atom. The number of nitrogens with one attached hydrogen (secondary N) is 3. The van der Waals surface area contributed by atoms with E-state index < -0.39 is 23.6 Å². The minimum Gasteiger partial charge on any atom is -0.483 e. The zero-order valence-electron chi connectivity index (χ0n) is 33.6. The number of amides is 4. The van der Waals surface area contributed by atoms with Crippen LogP contribution in [0, 0.1) is 18.8 Å². The molecule has 59 heavy (non-hydrogen) atoms. The van der Waals surface area contributed by atoms with Gasteiger partial charge in [0.15, 0.2) is 11.6 Å². The number of tetrazole rings is 1. The molecule has 2 aromatic carbocycles. The summed E-state index contributed by atoms with van der Waals surface area (Å²) < 4.78 is 6.97. The van der Waals surface area contributed by atoms with Crippen molar-refractivity contribution in [3.05, 3.63) is 89.9 Å². The minimum absolute atomic E-state index is 0.175. The van der Waals surface area contributed by atoms with Crippen LogP contribution in [0.3, 0.4) is 0 Å². The van der Waals surface area contributed by atoms with Crippen molar-refractivity contribution >= 4 is 41.8 Å². The molecule has 310 valence electrons. The van der Waals surface area contributed by atoms with Crippen molar-refractivity contribution in [1.29, 1.82) is 0 Å². The smallest absolute Gasteiger partial charge is 0.407 e. The largest absolute Gasteiger partial charge is 0.483 e. The van der Waals surface area contributed by atoms with Crippen LogP contribution in [0.4, 0.5) is 16.3 Å². The van der Waals surface area contributed by atoms with Crippen LogP contribution in [-0.2, 0) is 32.6 Å². The number of carbonyl (C=O) groups excluding carboxylic acids is 4. The number of carbonyl (C=O) groups is 5. The topological polar surface area (TPSA) is 253 Å². The maximum Gasteiger partial charge on any atom is 0.407 e. The standard InChI is InChI=1S/C40H47N11O5.CH2O2/c1-24-20-32(37(53)44-34-18-19-50(5)47-34)42-23-31(24)27-10-6-25(7-11-27)21-33(35(41)52)51(30-16-14-28(15-17-30)36-45-48-49-46-36)38(54)29-12-8-26(9-13-29)22-43-39(55)56-40(2,3)4;2-1-3/h6-7,10-11,14-20,23,26,29,33H,8-9,12-13,21-22H2,1-5H3,(H2,41,52)(H,43,55)(H,44,47,53)(H,45,46,48,49);1H,(H,2,3)/t26-,29-,33-;/m0./s1. The van der Waals surface area contributed by atoms with E-state index in [2.05, 4.69) is 41.3 Å². The summed E-state index contributed by atoms with van der Waals surface area (Å²) >= 11 is 0. The third-order valence-electron chi connectivity index (χ3n) is 9.76. The van der Waals surface area contributed by atoms with Gasteiger partial charge in [-0.05, 0) is 117 Å². The molecule has 0 unspecified atom stereocenters. The highest BCUT2D eigenvalue weighted by molar-refractivity contribution is 6.03. The van der Waals surface area contributed by atoms with Gasteiger partial charge in [0.1, 0.15) is 17.3 Å². The van der Waals surface area contributed by atoms with E-state index in [1.54, 1.807) is 60.5 Å². The molecule has 1 aliphatic carbocycles. The first kappa shape index (κ1) is 43.1. The Labute approximate surface area is 340 Å². The fraction of sp³-hybridized carbons (Fsp3) is 0.366. The second-order valence-electron chi connectivity index (χ2n) is 15.2. The van der Waals surface area contributed by atoms with Gasteiger partial charge >= 0.3 is 6.09 Å². The molecule has 1 atom stereocenters. The van der Waals surface area contributed by atoms with Crippen LogP contribution in [-0.4, -0.2) is 89.0 Å². The van der Waals surface area contributed by atoms with Crippen LogP contribution in [0.25, 0.3) is 22.5 Å². The summed E-state index contributed by atoms with van der Waals surface area (Å²) in [6, 6.07) is 17.2. The Kier molecular flexibility index (Phi) is 14.2. The molecule has 0 aliphatic heterocycles. The number of primary amides is 1.